The van der Waals surface area contributed by atoms with Crippen LogP contribution in [0.4, 0.5) is 11.4 Å². The van der Waals surface area contributed by atoms with Crippen molar-refractivity contribution in [3.05, 3.63) is 59.7 Å². The minimum absolute atomic E-state index is 0.328. The number of carbonyl (C=O) groups excluding carboxylic acids is 1. The van der Waals surface area contributed by atoms with Crippen molar-refractivity contribution in [1.82, 2.24) is 0 Å². The highest BCUT2D eigenvalue weighted by molar-refractivity contribution is 5.91. The summed E-state index contributed by atoms with van der Waals surface area (Å²) in [6.45, 7) is 1.99. The van der Waals surface area contributed by atoms with Crippen LogP contribution < -0.4 is 5.32 Å². The van der Waals surface area contributed by atoms with Gasteiger partial charge in [0.25, 0.3) is 0 Å². The van der Waals surface area contributed by atoms with Crippen LogP contribution in [0, 0.1) is 6.92 Å². The zero-order valence-electron chi connectivity index (χ0n) is 10.4. The molecule has 0 aromatic heterocycles. The Bertz CT molecular complexity index is 550. The molecule has 2 aromatic rings. The number of hydrogen-bond donors (Lipinski definition) is 1. The topological polar surface area (TPSA) is 38.3 Å². The van der Waals surface area contributed by atoms with E-state index in [1.165, 1.54) is 7.11 Å². The normalized spacial score (nSPS) is 9.89. The van der Waals surface area contributed by atoms with E-state index in [9.17, 15) is 4.79 Å². The van der Waals surface area contributed by atoms with Crippen LogP contribution in [0.15, 0.2) is 48.5 Å². The number of rotatable bonds is 3. The quantitative estimate of drug-likeness (QED) is 0.835. The molecule has 0 aliphatic rings. The molecule has 3 heteroatoms. The maximum atomic E-state index is 11.5. The SMILES string of the molecule is COC(=O)c1ccc(C)c(Nc2ccccc2)c1. The molecular formula is C15H15NO2. The maximum Gasteiger partial charge on any atom is 0.337 e. The predicted octanol–water partition coefficient (Wildman–Crippen LogP) is 3.53. The first-order chi connectivity index (χ1) is 8.70. The lowest BCUT2D eigenvalue weighted by atomic mass is 10.1. The Kier molecular flexibility index (Phi) is 3.63. The lowest BCUT2D eigenvalue weighted by molar-refractivity contribution is 0.0601. The number of aryl methyl sites for hydroxylation is 1. The van der Waals surface area contributed by atoms with Gasteiger partial charge in [0, 0.05) is 11.4 Å². The van der Waals surface area contributed by atoms with Crippen LogP contribution in [0.2, 0.25) is 0 Å². The zero-order chi connectivity index (χ0) is 13.0. The minimum Gasteiger partial charge on any atom is -0.465 e. The summed E-state index contributed by atoms with van der Waals surface area (Å²) in [5.41, 5.74) is 3.51. The average molecular weight is 241 g/mol. The molecule has 0 radical (unpaired) electrons. The van der Waals surface area contributed by atoms with Crippen molar-refractivity contribution in [3.63, 3.8) is 0 Å². The fraction of sp³-hybridized carbons (Fsp3) is 0.133. The van der Waals surface area contributed by atoms with Gasteiger partial charge in [-0.2, -0.15) is 0 Å². The fourth-order valence-electron chi connectivity index (χ4n) is 1.68. The number of anilines is 2. The predicted molar refractivity (Wildman–Crippen MR) is 72.2 cm³/mol. The van der Waals surface area contributed by atoms with Crippen LogP contribution in [0.25, 0.3) is 0 Å². The third-order valence-electron chi connectivity index (χ3n) is 2.71. The molecule has 0 aliphatic carbocycles. The van der Waals surface area contributed by atoms with E-state index in [2.05, 4.69) is 5.32 Å². The molecule has 0 amide bonds. The highest BCUT2D eigenvalue weighted by Gasteiger charge is 2.07. The van der Waals surface area contributed by atoms with Gasteiger partial charge >= 0.3 is 5.97 Å². The molecule has 3 nitrogen and oxygen atoms in total. The van der Waals surface area contributed by atoms with E-state index in [0.29, 0.717) is 5.56 Å². The summed E-state index contributed by atoms with van der Waals surface area (Å²) < 4.78 is 4.71. The Labute approximate surface area is 106 Å². The first-order valence-corrected chi connectivity index (χ1v) is 5.72. The lowest BCUT2D eigenvalue weighted by Gasteiger charge is -2.10. The summed E-state index contributed by atoms with van der Waals surface area (Å²) >= 11 is 0. The molecule has 0 bridgehead atoms. The fourth-order valence-corrected chi connectivity index (χ4v) is 1.68. The highest BCUT2D eigenvalue weighted by Crippen LogP contribution is 2.22. The molecule has 1 N–H and O–H groups in total. The smallest absolute Gasteiger partial charge is 0.337 e. The molecule has 0 spiro atoms. The van der Waals surface area contributed by atoms with Crippen molar-refractivity contribution in [2.24, 2.45) is 0 Å². The van der Waals surface area contributed by atoms with Crippen molar-refractivity contribution >= 4 is 17.3 Å². The number of benzene rings is 2. The van der Waals surface area contributed by atoms with Crippen LogP contribution in [0.1, 0.15) is 15.9 Å². The summed E-state index contributed by atoms with van der Waals surface area (Å²) in [7, 11) is 1.38. The number of ether oxygens (including phenoxy) is 1. The number of methoxy groups -OCH3 is 1. The standard InChI is InChI=1S/C15H15NO2/c1-11-8-9-12(15(17)18-2)10-14(11)16-13-6-4-3-5-7-13/h3-10,16H,1-2H3. The Morgan fingerprint density at radius 2 is 1.83 bits per heavy atom. The lowest BCUT2D eigenvalue weighted by Crippen LogP contribution is -2.02. The van der Waals surface area contributed by atoms with E-state index in [4.69, 9.17) is 4.74 Å². The Morgan fingerprint density at radius 1 is 1.11 bits per heavy atom. The number of carbonyl (C=O) groups is 1. The molecular weight excluding hydrogens is 226 g/mol. The molecule has 18 heavy (non-hydrogen) atoms. The molecule has 0 fully saturated rings. The second kappa shape index (κ2) is 5.36. The summed E-state index contributed by atoms with van der Waals surface area (Å²) in [6, 6.07) is 15.3. The van der Waals surface area contributed by atoms with E-state index in [1.807, 2.05) is 43.3 Å². The van der Waals surface area contributed by atoms with Gasteiger partial charge in [-0.15, -0.1) is 0 Å². The average Bonchev–Trinajstić information content (AvgIpc) is 2.41. The largest absolute Gasteiger partial charge is 0.465 e. The number of nitrogens with one attached hydrogen (secondary N) is 1. The van der Waals surface area contributed by atoms with Gasteiger partial charge in [0.2, 0.25) is 0 Å². The van der Waals surface area contributed by atoms with Gasteiger partial charge in [-0.1, -0.05) is 24.3 Å². The third kappa shape index (κ3) is 2.69. The molecule has 2 rings (SSSR count). The van der Waals surface area contributed by atoms with Crippen LogP contribution in [0.5, 0.6) is 0 Å². The Balaban J connectivity index is 2.30. The van der Waals surface area contributed by atoms with Crippen LogP contribution >= 0.6 is 0 Å². The van der Waals surface area contributed by atoms with Crippen LogP contribution in [-0.2, 0) is 4.74 Å². The van der Waals surface area contributed by atoms with Crippen molar-refractivity contribution in [1.29, 1.82) is 0 Å². The van der Waals surface area contributed by atoms with Gasteiger partial charge in [-0.3, -0.25) is 0 Å². The van der Waals surface area contributed by atoms with Gasteiger partial charge in [0.1, 0.15) is 0 Å². The first kappa shape index (κ1) is 12.2. The molecule has 0 atom stereocenters. The molecule has 92 valence electrons. The summed E-state index contributed by atoms with van der Waals surface area (Å²) in [4.78, 5) is 11.5. The number of hydrogen-bond acceptors (Lipinski definition) is 3. The Hall–Kier alpha value is -2.29. The van der Waals surface area contributed by atoms with Crippen molar-refractivity contribution in [2.45, 2.75) is 6.92 Å². The maximum absolute atomic E-state index is 11.5. The van der Waals surface area contributed by atoms with Crippen LogP contribution in [0.3, 0.4) is 0 Å². The van der Waals surface area contributed by atoms with Gasteiger partial charge in [-0.25, -0.2) is 4.79 Å². The molecule has 0 saturated heterocycles. The van der Waals surface area contributed by atoms with E-state index >= 15 is 0 Å². The first-order valence-electron chi connectivity index (χ1n) is 5.72. The highest BCUT2D eigenvalue weighted by atomic mass is 16.5. The van der Waals surface area contributed by atoms with Gasteiger partial charge in [0.15, 0.2) is 0 Å². The second-order valence-electron chi connectivity index (χ2n) is 4.01. The zero-order valence-corrected chi connectivity index (χ0v) is 10.4. The second-order valence-corrected chi connectivity index (χ2v) is 4.01. The molecule has 0 heterocycles. The van der Waals surface area contributed by atoms with E-state index in [-0.39, 0.29) is 5.97 Å². The number of para-hydroxylation sites is 1. The molecule has 2 aromatic carbocycles. The monoisotopic (exact) mass is 241 g/mol. The van der Waals surface area contributed by atoms with Crippen molar-refractivity contribution < 1.29 is 9.53 Å². The number of esters is 1. The summed E-state index contributed by atoms with van der Waals surface area (Å²) in [5.74, 6) is -0.328. The van der Waals surface area contributed by atoms with Crippen LogP contribution in [-0.4, -0.2) is 13.1 Å². The summed E-state index contributed by atoms with van der Waals surface area (Å²) in [6.07, 6.45) is 0. The minimum atomic E-state index is -0.328. The van der Waals surface area contributed by atoms with Gasteiger partial charge in [-0.05, 0) is 36.8 Å². The Morgan fingerprint density at radius 3 is 2.50 bits per heavy atom. The van der Waals surface area contributed by atoms with Gasteiger partial charge in [0.05, 0.1) is 12.7 Å². The van der Waals surface area contributed by atoms with Crippen molar-refractivity contribution in [3.8, 4) is 0 Å². The van der Waals surface area contributed by atoms with E-state index < -0.39 is 0 Å². The molecule has 0 saturated carbocycles. The summed E-state index contributed by atoms with van der Waals surface area (Å²) in [5, 5.41) is 3.28. The van der Waals surface area contributed by atoms with Crippen molar-refractivity contribution in [2.75, 3.05) is 12.4 Å². The van der Waals surface area contributed by atoms with Gasteiger partial charge < -0.3 is 10.1 Å². The molecule has 0 aliphatic heterocycles. The third-order valence-corrected chi connectivity index (χ3v) is 2.71. The van der Waals surface area contributed by atoms with E-state index in [0.717, 1.165) is 16.9 Å². The van der Waals surface area contributed by atoms with E-state index in [1.54, 1.807) is 12.1 Å². The molecule has 0 unspecified atom stereocenters.